The van der Waals surface area contributed by atoms with E-state index in [0.717, 1.165) is 28.6 Å². The zero-order valence-electron chi connectivity index (χ0n) is 10.1. The van der Waals surface area contributed by atoms with Crippen molar-refractivity contribution in [2.45, 2.75) is 19.8 Å². The van der Waals surface area contributed by atoms with Gasteiger partial charge in [0.25, 0.3) is 0 Å². The van der Waals surface area contributed by atoms with Crippen molar-refractivity contribution in [2.24, 2.45) is 5.92 Å². The number of carbonyl (C=O) groups is 2. The molecule has 0 spiro atoms. The van der Waals surface area contributed by atoms with E-state index >= 15 is 0 Å². The van der Waals surface area contributed by atoms with E-state index in [-0.39, 0.29) is 24.3 Å². The smallest absolute Gasteiger partial charge is 0.243 e. The Morgan fingerprint density at radius 3 is 2.72 bits per heavy atom. The van der Waals surface area contributed by atoms with Gasteiger partial charge in [-0.25, -0.2) is 0 Å². The van der Waals surface area contributed by atoms with Crippen LogP contribution in [0.3, 0.4) is 0 Å². The van der Waals surface area contributed by atoms with Crippen molar-refractivity contribution < 1.29 is 9.59 Å². The highest BCUT2D eigenvalue weighted by atomic mass is 79.9. The van der Waals surface area contributed by atoms with Crippen LogP contribution in [0.15, 0.2) is 22.7 Å². The molecule has 2 amide bonds. The van der Waals surface area contributed by atoms with E-state index in [0.29, 0.717) is 0 Å². The molecule has 2 N–H and O–H groups in total. The summed E-state index contributed by atoms with van der Waals surface area (Å²) in [6.45, 7) is 2.01. The van der Waals surface area contributed by atoms with Crippen molar-refractivity contribution in [2.75, 3.05) is 11.9 Å². The van der Waals surface area contributed by atoms with Gasteiger partial charge in [0.1, 0.15) is 0 Å². The maximum Gasteiger partial charge on any atom is 0.243 e. The van der Waals surface area contributed by atoms with Gasteiger partial charge in [-0.3, -0.25) is 9.59 Å². The summed E-state index contributed by atoms with van der Waals surface area (Å²) in [6.07, 6.45) is 1.89. The molecular formula is C13H15BrN2O2. The van der Waals surface area contributed by atoms with Gasteiger partial charge in [0.05, 0.1) is 6.54 Å². The normalized spacial score (nSPS) is 14.1. The van der Waals surface area contributed by atoms with Gasteiger partial charge < -0.3 is 10.6 Å². The predicted molar refractivity (Wildman–Crippen MR) is 73.2 cm³/mol. The molecule has 0 atom stereocenters. The molecule has 96 valence electrons. The van der Waals surface area contributed by atoms with Crippen LogP contribution in [0.25, 0.3) is 0 Å². The molecule has 0 heterocycles. The fourth-order valence-electron chi connectivity index (χ4n) is 1.53. The molecule has 0 aliphatic heterocycles. The zero-order valence-corrected chi connectivity index (χ0v) is 11.7. The van der Waals surface area contributed by atoms with Crippen molar-refractivity contribution in [3.63, 3.8) is 0 Å². The van der Waals surface area contributed by atoms with Crippen molar-refractivity contribution in [1.82, 2.24) is 5.32 Å². The van der Waals surface area contributed by atoms with Crippen molar-refractivity contribution in [3.8, 4) is 0 Å². The van der Waals surface area contributed by atoms with Gasteiger partial charge >= 0.3 is 0 Å². The van der Waals surface area contributed by atoms with Gasteiger partial charge in [0, 0.05) is 16.1 Å². The van der Waals surface area contributed by atoms with Crippen LogP contribution < -0.4 is 10.6 Å². The number of anilines is 1. The van der Waals surface area contributed by atoms with E-state index < -0.39 is 0 Å². The average molecular weight is 311 g/mol. The molecule has 1 saturated carbocycles. The van der Waals surface area contributed by atoms with E-state index in [9.17, 15) is 9.59 Å². The number of rotatable bonds is 4. The second-order valence-electron chi connectivity index (χ2n) is 4.50. The van der Waals surface area contributed by atoms with Crippen LogP contribution in [-0.2, 0) is 9.59 Å². The first-order valence-corrected chi connectivity index (χ1v) is 6.69. The SMILES string of the molecule is Cc1ccc(NC(=O)CNC(=O)C2CC2)cc1Br. The zero-order chi connectivity index (χ0) is 13.1. The molecule has 0 bridgehead atoms. The monoisotopic (exact) mass is 310 g/mol. The summed E-state index contributed by atoms with van der Waals surface area (Å²) in [5.74, 6) is -0.0960. The lowest BCUT2D eigenvalue weighted by Crippen LogP contribution is -2.33. The van der Waals surface area contributed by atoms with Crippen LogP contribution in [0, 0.1) is 12.8 Å². The first-order chi connectivity index (χ1) is 8.56. The minimum Gasteiger partial charge on any atom is -0.347 e. The molecule has 0 radical (unpaired) electrons. The summed E-state index contributed by atoms with van der Waals surface area (Å²) in [6, 6.07) is 5.60. The number of benzene rings is 1. The number of aryl methyl sites for hydroxylation is 1. The van der Waals surface area contributed by atoms with Gasteiger partial charge in [-0.05, 0) is 37.5 Å². The fourth-order valence-corrected chi connectivity index (χ4v) is 1.91. The molecular weight excluding hydrogens is 296 g/mol. The van der Waals surface area contributed by atoms with Crippen LogP contribution in [0.2, 0.25) is 0 Å². The summed E-state index contributed by atoms with van der Waals surface area (Å²) >= 11 is 3.40. The van der Waals surface area contributed by atoms with Gasteiger partial charge in [-0.15, -0.1) is 0 Å². The third-order valence-corrected chi connectivity index (χ3v) is 3.68. The minimum absolute atomic E-state index is 0.0183. The Hall–Kier alpha value is -1.36. The van der Waals surface area contributed by atoms with Crippen molar-refractivity contribution in [3.05, 3.63) is 28.2 Å². The lowest BCUT2D eigenvalue weighted by Gasteiger charge is -2.07. The second kappa shape index (κ2) is 5.52. The summed E-state index contributed by atoms with van der Waals surface area (Å²) in [7, 11) is 0. The van der Waals surface area contributed by atoms with Crippen LogP contribution in [0.1, 0.15) is 18.4 Å². The molecule has 0 unspecified atom stereocenters. The highest BCUT2D eigenvalue weighted by Gasteiger charge is 2.29. The van der Waals surface area contributed by atoms with Gasteiger partial charge in [0.2, 0.25) is 11.8 Å². The maximum atomic E-state index is 11.6. The summed E-state index contributed by atoms with van der Waals surface area (Å²) in [4.78, 5) is 23.0. The van der Waals surface area contributed by atoms with Crippen LogP contribution in [0.4, 0.5) is 5.69 Å². The van der Waals surface area contributed by atoms with Gasteiger partial charge in [-0.1, -0.05) is 22.0 Å². The fraction of sp³-hybridized carbons (Fsp3) is 0.385. The molecule has 0 saturated heterocycles. The minimum atomic E-state index is -0.209. The molecule has 18 heavy (non-hydrogen) atoms. The standard InChI is InChI=1S/C13H15BrN2O2/c1-8-2-5-10(6-11(8)14)16-12(17)7-15-13(18)9-3-4-9/h2,5-6,9H,3-4,7H2,1H3,(H,15,18)(H,16,17). The van der Waals surface area contributed by atoms with E-state index in [1.807, 2.05) is 25.1 Å². The summed E-state index contributed by atoms with van der Waals surface area (Å²) in [5.41, 5.74) is 1.83. The van der Waals surface area contributed by atoms with Crippen LogP contribution in [-0.4, -0.2) is 18.4 Å². The van der Waals surface area contributed by atoms with E-state index in [4.69, 9.17) is 0 Å². The first-order valence-electron chi connectivity index (χ1n) is 5.90. The summed E-state index contributed by atoms with van der Waals surface area (Å²) < 4.78 is 0.947. The molecule has 1 fully saturated rings. The number of carbonyl (C=O) groups excluding carboxylic acids is 2. The van der Waals surface area contributed by atoms with Gasteiger partial charge in [-0.2, -0.15) is 0 Å². The topological polar surface area (TPSA) is 58.2 Å². The van der Waals surface area contributed by atoms with Crippen LogP contribution >= 0.6 is 15.9 Å². The van der Waals surface area contributed by atoms with Crippen molar-refractivity contribution in [1.29, 1.82) is 0 Å². The van der Waals surface area contributed by atoms with E-state index in [2.05, 4.69) is 26.6 Å². The third kappa shape index (κ3) is 3.57. The first kappa shape index (κ1) is 13.1. The van der Waals surface area contributed by atoms with E-state index in [1.165, 1.54) is 0 Å². The number of hydrogen-bond acceptors (Lipinski definition) is 2. The third-order valence-electron chi connectivity index (χ3n) is 2.83. The summed E-state index contributed by atoms with van der Waals surface area (Å²) in [5, 5.41) is 5.37. The number of nitrogens with one attached hydrogen (secondary N) is 2. The van der Waals surface area contributed by atoms with Crippen molar-refractivity contribution >= 4 is 33.4 Å². The predicted octanol–water partition coefficient (Wildman–Crippen LogP) is 2.22. The molecule has 5 heteroatoms. The maximum absolute atomic E-state index is 11.6. The Bertz CT molecular complexity index is 484. The largest absolute Gasteiger partial charge is 0.347 e. The number of halogens is 1. The molecule has 1 aliphatic rings. The quantitative estimate of drug-likeness (QED) is 0.896. The highest BCUT2D eigenvalue weighted by molar-refractivity contribution is 9.10. The number of hydrogen-bond donors (Lipinski definition) is 2. The number of amides is 2. The second-order valence-corrected chi connectivity index (χ2v) is 5.36. The van der Waals surface area contributed by atoms with Gasteiger partial charge in [0.15, 0.2) is 0 Å². The molecule has 2 rings (SSSR count). The Labute approximate surface area is 114 Å². The highest BCUT2D eigenvalue weighted by Crippen LogP contribution is 2.28. The Balaban J connectivity index is 1.82. The van der Waals surface area contributed by atoms with E-state index in [1.54, 1.807) is 0 Å². The molecule has 0 aromatic heterocycles. The lowest BCUT2D eigenvalue weighted by molar-refractivity contribution is -0.125. The molecule has 1 aliphatic carbocycles. The Kier molecular flexibility index (Phi) is 4.01. The Morgan fingerprint density at radius 2 is 2.11 bits per heavy atom. The lowest BCUT2D eigenvalue weighted by atomic mass is 10.2. The van der Waals surface area contributed by atoms with Crippen LogP contribution in [0.5, 0.6) is 0 Å². The Morgan fingerprint density at radius 1 is 1.39 bits per heavy atom. The average Bonchev–Trinajstić information content (AvgIpc) is 3.15. The molecule has 1 aromatic rings. The molecule has 1 aromatic carbocycles. The molecule has 4 nitrogen and oxygen atoms in total.